The van der Waals surface area contributed by atoms with Crippen molar-refractivity contribution >= 4 is 18.0 Å². The first-order chi connectivity index (χ1) is 15.6. The summed E-state index contributed by atoms with van der Waals surface area (Å²) in [7, 11) is 3.09. The molecule has 2 amide bonds. The molecule has 0 radical (unpaired) electrons. The van der Waals surface area contributed by atoms with Gasteiger partial charge in [-0.15, -0.1) is 0 Å². The van der Waals surface area contributed by atoms with E-state index in [0.29, 0.717) is 29.9 Å². The van der Waals surface area contributed by atoms with Gasteiger partial charge in [0.1, 0.15) is 11.4 Å². The third kappa shape index (κ3) is 4.31. The summed E-state index contributed by atoms with van der Waals surface area (Å²) in [6, 6.07) is 7.11. The molecule has 0 spiro atoms. The van der Waals surface area contributed by atoms with Crippen LogP contribution in [-0.2, 0) is 28.0 Å². The summed E-state index contributed by atoms with van der Waals surface area (Å²) in [4.78, 5) is 41.0. The van der Waals surface area contributed by atoms with Gasteiger partial charge in [-0.2, -0.15) is 0 Å². The van der Waals surface area contributed by atoms with E-state index in [4.69, 9.17) is 14.0 Å². The van der Waals surface area contributed by atoms with Crippen molar-refractivity contribution in [1.82, 2.24) is 15.0 Å². The summed E-state index contributed by atoms with van der Waals surface area (Å²) in [5.74, 6) is -0.0426. The number of methoxy groups -OCH3 is 1. The van der Waals surface area contributed by atoms with Crippen molar-refractivity contribution < 1.29 is 28.4 Å². The highest BCUT2D eigenvalue weighted by atomic mass is 16.6. The molecule has 9 nitrogen and oxygen atoms in total. The number of nitrogens with zero attached hydrogens (tertiary/aromatic N) is 3. The standard InChI is InChI=1S/C24H29N3O6/c1-23(2,3)32-22(30)27-13-10-18-17(14-27)19(25-33-18)20(28)26(4)24(11-12-24)16-8-6-15(7-9-16)21(29)31-5/h6-9H,10-14H2,1-5H3. The van der Waals surface area contributed by atoms with E-state index in [0.717, 1.165) is 18.4 Å². The molecule has 2 aliphatic rings. The topological polar surface area (TPSA) is 102 Å². The van der Waals surface area contributed by atoms with Crippen LogP contribution in [0.3, 0.4) is 0 Å². The van der Waals surface area contributed by atoms with Crippen molar-refractivity contribution in [2.24, 2.45) is 0 Å². The third-order valence-corrected chi connectivity index (χ3v) is 6.20. The minimum absolute atomic E-state index is 0.212. The lowest BCUT2D eigenvalue weighted by Crippen LogP contribution is -2.41. The van der Waals surface area contributed by atoms with Gasteiger partial charge in [0.2, 0.25) is 0 Å². The Morgan fingerprint density at radius 3 is 2.39 bits per heavy atom. The van der Waals surface area contributed by atoms with Crippen molar-refractivity contribution in [3.8, 4) is 0 Å². The third-order valence-electron chi connectivity index (χ3n) is 6.20. The Bertz CT molecular complexity index is 1080. The van der Waals surface area contributed by atoms with E-state index in [-0.39, 0.29) is 18.1 Å². The summed E-state index contributed by atoms with van der Waals surface area (Å²) < 4.78 is 15.7. The maximum Gasteiger partial charge on any atom is 0.410 e. The number of hydrogen-bond acceptors (Lipinski definition) is 7. The minimum Gasteiger partial charge on any atom is -0.465 e. The van der Waals surface area contributed by atoms with E-state index in [1.807, 2.05) is 32.9 Å². The highest BCUT2D eigenvalue weighted by Crippen LogP contribution is 2.51. The molecule has 176 valence electrons. The number of carbonyl (C=O) groups excluding carboxylic acids is 3. The Kier molecular flexibility index (Phi) is 5.67. The highest BCUT2D eigenvalue weighted by molar-refractivity contribution is 5.95. The average molecular weight is 456 g/mol. The second kappa shape index (κ2) is 8.20. The molecule has 1 fully saturated rings. The van der Waals surface area contributed by atoms with Crippen LogP contribution in [0.15, 0.2) is 28.8 Å². The van der Waals surface area contributed by atoms with E-state index in [1.165, 1.54) is 7.11 Å². The second-order valence-electron chi connectivity index (χ2n) is 9.55. The van der Waals surface area contributed by atoms with Gasteiger partial charge < -0.3 is 23.8 Å². The van der Waals surface area contributed by atoms with Crippen LogP contribution in [0, 0.1) is 0 Å². The summed E-state index contributed by atoms with van der Waals surface area (Å²) in [6.07, 6.45) is 1.65. The number of rotatable bonds is 4. The fourth-order valence-corrected chi connectivity index (χ4v) is 4.18. The Morgan fingerprint density at radius 1 is 1.15 bits per heavy atom. The summed E-state index contributed by atoms with van der Waals surface area (Å²) in [6.45, 7) is 6.10. The van der Waals surface area contributed by atoms with E-state index in [9.17, 15) is 14.4 Å². The van der Waals surface area contributed by atoms with Crippen LogP contribution in [0.1, 0.15) is 71.3 Å². The largest absolute Gasteiger partial charge is 0.465 e. The van der Waals surface area contributed by atoms with E-state index in [1.54, 1.807) is 29.0 Å². The first kappa shape index (κ1) is 22.8. The van der Waals surface area contributed by atoms with Gasteiger partial charge in [0, 0.05) is 25.6 Å². The minimum atomic E-state index is -0.605. The van der Waals surface area contributed by atoms with Gasteiger partial charge in [0.25, 0.3) is 5.91 Å². The summed E-state index contributed by atoms with van der Waals surface area (Å²) >= 11 is 0. The van der Waals surface area contributed by atoms with Gasteiger partial charge >= 0.3 is 12.1 Å². The van der Waals surface area contributed by atoms with Crippen LogP contribution in [0.25, 0.3) is 0 Å². The molecule has 1 saturated carbocycles. The first-order valence-electron chi connectivity index (χ1n) is 11.0. The maximum absolute atomic E-state index is 13.5. The molecular formula is C24H29N3O6. The predicted octanol–water partition coefficient (Wildman–Crippen LogP) is 3.52. The molecule has 2 aromatic rings. The molecule has 0 N–H and O–H groups in total. The van der Waals surface area contributed by atoms with Gasteiger partial charge in [-0.05, 0) is 51.3 Å². The number of amides is 2. The monoisotopic (exact) mass is 455 g/mol. The number of aromatic nitrogens is 1. The van der Waals surface area contributed by atoms with Crippen LogP contribution in [0.4, 0.5) is 4.79 Å². The van der Waals surface area contributed by atoms with E-state index >= 15 is 0 Å². The van der Waals surface area contributed by atoms with Crippen molar-refractivity contribution in [3.05, 3.63) is 52.4 Å². The highest BCUT2D eigenvalue weighted by Gasteiger charge is 2.51. The van der Waals surface area contributed by atoms with Crippen LogP contribution in [0.5, 0.6) is 0 Å². The normalized spacial score (nSPS) is 16.6. The van der Waals surface area contributed by atoms with Crippen molar-refractivity contribution in [3.63, 3.8) is 0 Å². The van der Waals surface area contributed by atoms with E-state index < -0.39 is 23.2 Å². The van der Waals surface area contributed by atoms with Gasteiger partial charge in [0.05, 0.1) is 24.8 Å². The number of carbonyl (C=O) groups is 3. The zero-order valence-electron chi connectivity index (χ0n) is 19.6. The van der Waals surface area contributed by atoms with Crippen molar-refractivity contribution in [2.75, 3.05) is 20.7 Å². The Hall–Kier alpha value is -3.36. The molecule has 4 rings (SSSR count). The zero-order valence-corrected chi connectivity index (χ0v) is 19.6. The average Bonchev–Trinajstić information content (AvgIpc) is 3.49. The Morgan fingerprint density at radius 2 is 1.82 bits per heavy atom. The fraction of sp³-hybridized carbons (Fsp3) is 0.500. The van der Waals surface area contributed by atoms with Gasteiger partial charge in [0.15, 0.2) is 5.69 Å². The lowest BCUT2D eigenvalue weighted by atomic mass is 10.00. The van der Waals surface area contributed by atoms with Gasteiger partial charge in [-0.25, -0.2) is 9.59 Å². The smallest absolute Gasteiger partial charge is 0.410 e. The van der Waals surface area contributed by atoms with Crippen LogP contribution in [-0.4, -0.2) is 59.2 Å². The van der Waals surface area contributed by atoms with Crippen LogP contribution in [0.2, 0.25) is 0 Å². The molecule has 0 unspecified atom stereocenters. The molecule has 0 atom stereocenters. The van der Waals surface area contributed by atoms with Crippen molar-refractivity contribution in [2.45, 2.75) is 57.7 Å². The number of ether oxygens (including phenoxy) is 2. The maximum atomic E-state index is 13.5. The fourth-order valence-electron chi connectivity index (χ4n) is 4.18. The molecule has 1 aromatic heterocycles. The number of fused-ring (bicyclic) bond motifs is 1. The van der Waals surface area contributed by atoms with Gasteiger partial charge in [-0.1, -0.05) is 17.3 Å². The molecule has 33 heavy (non-hydrogen) atoms. The zero-order chi connectivity index (χ0) is 24.0. The quantitative estimate of drug-likeness (QED) is 0.650. The first-order valence-corrected chi connectivity index (χ1v) is 11.0. The van der Waals surface area contributed by atoms with Crippen LogP contribution < -0.4 is 0 Å². The molecule has 9 heteroatoms. The molecular weight excluding hydrogens is 426 g/mol. The molecule has 2 heterocycles. The second-order valence-corrected chi connectivity index (χ2v) is 9.55. The lowest BCUT2D eigenvalue weighted by molar-refractivity contribution is 0.0217. The van der Waals surface area contributed by atoms with Gasteiger partial charge in [-0.3, -0.25) is 4.79 Å². The molecule has 0 saturated heterocycles. The molecule has 1 aliphatic carbocycles. The Balaban J connectivity index is 1.53. The molecule has 1 aromatic carbocycles. The summed E-state index contributed by atoms with van der Waals surface area (Å²) in [5, 5.41) is 4.06. The SMILES string of the molecule is COC(=O)c1ccc(C2(N(C)C(=O)c3noc4c3CN(C(=O)OC(C)(C)C)CC4)CC2)cc1. The lowest BCUT2D eigenvalue weighted by Gasteiger charge is -2.30. The van der Waals surface area contributed by atoms with Crippen molar-refractivity contribution in [1.29, 1.82) is 0 Å². The number of esters is 1. The number of benzene rings is 1. The Labute approximate surface area is 192 Å². The molecule has 0 bridgehead atoms. The van der Waals surface area contributed by atoms with Crippen LogP contribution >= 0.6 is 0 Å². The molecule has 1 aliphatic heterocycles. The predicted molar refractivity (Wildman–Crippen MR) is 118 cm³/mol. The number of hydrogen-bond donors (Lipinski definition) is 0. The van der Waals surface area contributed by atoms with E-state index in [2.05, 4.69) is 5.16 Å². The summed E-state index contributed by atoms with van der Waals surface area (Å²) in [5.41, 5.74) is 1.18.